The first kappa shape index (κ1) is 20.2. The number of nitrogens with zero attached hydrogens (tertiary/aromatic N) is 1. The molecule has 1 rings (SSSR count). The van der Waals surface area contributed by atoms with Crippen molar-refractivity contribution >= 4 is 11.9 Å². The van der Waals surface area contributed by atoms with Gasteiger partial charge in [0.1, 0.15) is 6.61 Å². The van der Waals surface area contributed by atoms with E-state index in [0.29, 0.717) is 26.0 Å². The maximum Gasteiger partial charge on any atom is 0.320 e. The van der Waals surface area contributed by atoms with Gasteiger partial charge < -0.3 is 14.4 Å². The van der Waals surface area contributed by atoms with Gasteiger partial charge in [-0.25, -0.2) is 0 Å². The Morgan fingerprint density at radius 1 is 1.00 bits per heavy atom. The van der Waals surface area contributed by atoms with Crippen LogP contribution in [-0.2, 0) is 25.5 Å². The van der Waals surface area contributed by atoms with E-state index < -0.39 is 17.9 Å². The summed E-state index contributed by atoms with van der Waals surface area (Å²) in [6, 6.07) is 9.78. The fraction of sp³-hybridized carbons (Fsp3) is 0.579. The lowest BCUT2D eigenvalue weighted by Gasteiger charge is -2.19. The van der Waals surface area contributed by atoms with Crippen LogP contribution in [0.15, 0.2) is 30.3 Å². The van der Waals surface area contributed by atoms with Crippen LogP contribution in [0.5, 0.6) is 0 Å². The highest BCUT2D eigenvalue weighted by molar-refractivity contribution is 5.94. The van der Waals surface area contributed by atoms with Gasteiger partial charge in [-0.3, -0.25) is 9.59 Å². The second-order valence-corrected chi connectivity index (χ2v) is 5.52. The minimum absolute atomic E-state index is 0.257. The maximum atomic E-state index is 12.3. The van der Waals surface area contributed by atoms with E-state index in [1.807, 2.05) is 30.3 Å². The Bertz CT molecular complexity index is 485. The van der Waals surface area contributed by atoms with E-state index in [0.717, 1.165) is 18.7 Å². The lowest BCUT2D eigenvalue weighted by molar-refractivity contribution is -0.162. The van der Waals surface area contributed by atoms with Gasteiger partial charge in [-0.15, -0.1) is 0 Å². The molecule has 1 atom stereocenters. The van der Waals surface area contributed by atoms with Crippen LogP contribution in [-0.4, -0.2) is 49.7 Å². The van der Waals surface area contributed by atoms with Gasteiger partial charge in [-0.2, -0.15) is 0 Å². The van der Waals surface area contributed by atoms with E-state index in [-0.39, 0.29) is 6.61 Å². The molecule has 0 spiro atoms. The molecule has 1 unspecified atom stereocenters. The normalized spacial score (nSPS) is 12.0. The molecule has 0 fully saturated rings. The SMILES string of the molecule is CCOC(=O)C(CCc1ccccc1)C(=O)OCCN(CC)CC. The van der Waals surface area contributed by atoms with Crippen molar-refractivity contribution < 1.29 is 19.1 Å². The molecule has 0 saturated heterocycles. The van der Waals surface area contributed by atoms with Gasteiger partial charge in [0.25, 0.3) is 0 Å². The van der Waals surface area contributed by atoms with Crippen molar-refractivity contribution in [3.05, 3.63) is 35.9 Å². The molecule has 5 nitrogen and oxygen atoms in total. The first-order chi connectivity index (χ1) is 11.6. The van der Waals surface area contributed by atoms with Crippen molar-refractivity contribution in [3.63, 3.8) is 0 Å². The third-order valence-corrected chi connectivity index (χ3v) is 3.97. The Kier molecular flexibility index (Phi) is 9.77. The van der Waals surface area contributed by atoms with Gasteiger partial charge in [0, 0.05) is 6.54 Å². The average Bonchev–Trinajstić information content (AvgIpc) is 2.60. The number of ether oxygens (including phenoxy) is 2. The summed E-state index contributed by atoms with van der Waals surface area (Å²) in [7, 11) is 0. The number of aryl methyl sites for hydroxylation is 1. The fourth-order valence-corrected chi connectivity index (χ4v) is 2.45. The number of benzene rings is 1. The Balaban J connectivity index is 2.57. The van der Waals surface area contributed by atoms with Crippen LogP contribution >= 0.6 is 0 Å². The lowest BCUT2D eigenvalue weighted by Crippen LogP contribution is -2.32. The molecule has 0 N–H and O–H groups in total. The minimum atomic E-state index is -0.859. The van der Waals surface area contributed by atoms with Gasteiger partial charge in [-0.1, -0.05) is 44.2 Å². The predicted molar refractivity (Wildman–Crippen MR) is 93.6 cm³/mol. The quantitative estimate of drug-likeness (QED) is 0.460. The Morgan fingerprint density at radius 2 is 1.62 bits per heavy atom. The molecular formula is C19H29NO4. The summed E-state index contributed by atoms with van der Waals surface area (Å²) in [5.74, 6) is -1.85. The molecule has 1 aromatic rings. The zero-order valence-electron chi connectivity index (χ0n) is 15.0. The smallest absolute Gasteiger partial charge is 0.320 e. The molecule has 0 aliphatic carbocycles. The highest BCUT2D eigenvalue weighted by atomic mass is 16.6. The summed E-state index contributed by atoms with van der Waals surface area (Å²) in [5, 5.41) is 0. The van der Waals surface area contributed by atoms with Crippen LogP contribution in [0.1, 0.15) is 32.8 Å². The summed E-state index contributed by atoms with van der Waals surface area (Å²) in [4.78, 5) is 26.5. The van der Waals surface area contributed by atoms with Gasteiger partial charge in [0.05, 0.1) is 6.61 Å². The molecule has 0 aliphatic rings. The molecule has 0 amide bonds. The zero-order chi connectivity index (χ0) is 17.8. The molecule has 134 valence electrons. The summed E-state index contributed by atoms with van der Waals surface area (Å²) in [6.45, 7) is 8.89. The molecule has 0 aromatic heterocycles. The van der Waals surface area contributed by atoms with E-state index in [2.05, 4.69) is 18.7 Å². The van der Waals surface area contributed by atoms with Crippen LogP contribution in [0.3, 0.4) is 0 Å². The van der Waals surface area contributed by atoms with Crippen LogP contribution < -0.4 is 0 Å². The van der Waals surface area contributed by atoms with Crippen LogP contribution in [0.25, 0.3) is 0 Å². The van der Waals surface area contributed by atoms with E-state index in [1.165, 1.54) is 0 Å². The Labute approximate surface area is 144 Å². The second-order valence-electron chi connectivity index (χ2n) is 5.52. The van der Waals surface area contributed by atoms with Crippen molar-refractivity contribution in [2.24, 2.45) is 5.92 Å². The molecule has 24 heavy (non-hydrogen) atoms. The molecule has 1 aromatic carbocycles. The number of hydrogen-bond donors (Lipinski definition) is 0. The topological polar surface area (TPSA) is 55.8 Å². The molecule has 0 radical (unpaired) electrons. The van der Waals surface area contributed by atoms with Crippen LogP contribution in [0.2, 0.25) is 0 Å². The van der Waals surface area contributed by atoms with Crippen molar-refractivity contribution in [3.8, 4) is 0 Å². The van der Waals surface area contributed by atoms with Crippen LogP contribution in [0, 0.1) is 5.92 Å². The van der Waals surface area contributed by atoms with Gasteiger partial charge in [-0.05, 0) is 38.4 Å². The summed E-state index contributed by atoms with van der Waals surface area (Å²) in [5.41, 5.74) is 1.09. The zero-order valence-corrected chi connectivity index (χ0v) is 15.0. The highest BCUT2D eigenvalue weighted by Gasteiger charge is 2.29. The number of carbonyl (C=O) groups is 2. The number of carbonyl (C=O) groups excluding carboxylic acids is 2. The largest absolute Gasteiger partial charge is 0.465 e. The number of hydrogen-bond acceptors (Lipinski definition) is 5. The lowest BCUT2D eigenvalue weighted by atomic mass is 9.99. The highest BCUT2D eigenvalue weighted by Crippen LogP contribution is 2.14. The minimum Gasteiger partial charge on any atom is -0.465 e. The Hall–Kier alpha value is -1.88. The summed E-state index contributed by atoms with van der Waals surface area (Å²) >= 11 is 0. The van der Waals surface area contributed by atoms with Gasteiger partial charge in [0.2, 0.25) is 0 Å². The maximum absolute atomic E-state index is 12.3. The standard InChI is InChI=1S/C19H29NO4/c1-4-20(5-2)14-15-24-19(22)17(18(21)23-6-3)13-12-16-10-8-7-9-11-16/h7-11,17H,4-6,12-15H2,1-3H3. The third-order valence-electron chi connectivity index (χ3n) is 3.97. The monoisotopic (exact) mass is 335 g/mol. The van der Waals surface area contributed by atoms with Gasteiger partial charge in [0.15, 0.2) is 5.92 Å². The van der Waals surface area contributed by atoms with E-state index >= 15 is 0 Å². The van der Waals surface area contributed by atoms with E-state index in [1.54, 1.807) is 6.92 Å². The van der Waals surface area contributed by atoms with Crippen molar-refractivity contribution in [1.82, 2.24) is 4.90 Å². The van der Waals surface area contributed by atoms with Crippen molar-refractivity contribution in [2.45, 2.75) is 33.6 Å². The Morgan fingerprint density at radius 3 is 2.21 bits per heavy atom. The fourth-order valence-electron chi connectivity index (χ4n) is 2.45. The second kappa shape index (κ2) is 11.6. The summed E-state index contributed by atoms with van der Waals surface area (Å²) in [6.07, 6.45) is 1.03. The molecule has 0 bridgehead atoms. The van der Waals surface area contributed by atoms with Gasteiger partial charge >= 0.3 is 11.9 Å². The first-order valence-electron chi connectivity index (χ1n) is 8.71. The third kappa shape index (κ3) is 7.13. The summed E-state index contributed by atoms with van der Waals surface area (Å²) < 4.78 is 10.3. The number of likely N-dealkylation sites (N-methyl/N-ethyl adjacent to an activating group) is 1. The first-order valence-corrected chi connectivity index (χ1v) is 8.71. The number of esters is 2. The molecule has 0 heterocycles. The molecule has 5 heteroatoms. The molecule has 0 saturated carbocycles. The van der Waals surface area contributed by atoms with Crippen LogP contribution in [0.4, 0.5) is 0 Å². The average molecular weight is 335 g/mol. The van der Waals surface area contributed by atoms with E-state index in [9.17, 15) is 9.59 Å². The van der Waals surface area contributed by atoms with Crippen molar-refractivity contribution in [1.29, 1.82) is 0 Å². The molecular weight excluding hydrogens is 306 g/mol. The molecule has 0 aliphatic heterocycles. The van der Waals surface area contributed by atoms with E-state index in [4.69, 9.17) is 9.47 Å². The number of rotatable bonds is 11. The predicted octanol–water partition coefficient (Wildman–Crippen LogP) is 2.68. The van der Waals surface area contributed by atoms with Crippen molar-refractivity contribution in [2.75, 3.05) is 32.8 Å².